The number of pyridine rings is 1. The normalized spacial score (nSPS) is 15.3. The minimum Gasteiger partial charge on any atom is -0.494 e. The molecule has 1 aliphatic carbocycles. The maximum Gasteiger partial charge on any atom is 0.274 e. The van der Waals surface area contributed by atoms with Crippen LogP contribution in [0.15, 0.2) is 36.5 Å². The standard InChI is InChI=1S/C23H27FN4O2/c1-23(2,24)21-11-7-10-17(25-21)22(29)26-19-12-15-14-28(16-8-5-4-6-9-16)27-18(15)13-20(19)30-3/h7,10-14,16H,4-6,8-9H2,1-3H3,(H,26,29). The summed E-state index contributed by atoms with van der Waals surface area (Å²) in [7, 11) is 1.56. The zero-order valence-corrected chi connectivity index (χ0v) is 17.6. The number of hydrogen-bond donors (Lipinski definition) is 1. The monoisotopic (exact) mass is 410 g/mol. The molecule has 0 aliphatic heterocycles. The van der Waals surface area contributed by atoms with Crippen molar-refractivity contribution in [2.45, 2.75) is 57.7 Å². The van der Waals surface area contributed by atoms with Crippen LogP contribution in [-0.2, 0) is 5.67 Å². The summed E-state index contributed by atoms with van der Waals surface area (Å²) in [5.41, 5.74) is 0.102. The fourth-order valence-corrected chi connectivity index (χ4v) is 3.95. The molecule has 6 nitrogen and oxygen atoms in total. The fourth-order valence-electron chi connectivity index (χ4n) is 3.95. The number of anilines is 1. The molecule has 1 amide bonds. The molecule has 0 unspecified atom stereocenters. The molecule has 158 valence electrons. The Morgan fingerprint density at radius 3 is 2.70 bits per heavy atom. The number of halogens is 1. The molecule has 1 fully saturated rings. The Morgan fingerprint density at radius 2 is 2.00 bits per heavy atom. The summed E-state index contributed by atoms with van der Waals surface area (Å²) in [4.78, 5) is 17.0. The van der Waals surface area contributed by atoms with Gasteiger partial charge in [0.05, 0.1) is 30.0 Å². The SMILES string of the molecule is COc1cc2nn(C3CCCCC3)cc2cc1NC(=O)c1cccc(C(C)(C)F)n1. The lowest BCUT2D eigenvalue weighted by molar-refractivity contribution is 0.102. The molecule has 3 aromatic rings. The van der Waals surface area contributed by atoms with Crippen molar-refractivity contribution in [3.63, 3.8) is 0 Å². The molecule has 30 heavy (non-hydrogen) atoms. The Hall–Kier alpha value is -2.96. The quantitative estimate of drug-likeness (QED) is 0.611. The van der Waals surface area contributed by atoms with Crippen LogP contribution in [0.25, 0.3) is 10.9 Å². The molecule has 0 radical (unpaired) electrons. The zero-order valence-electron chi connectivity index (χ0n) is 17.6. The van der Waals surface area contributed by atoms with Gasteiger partial charge in [0.2, 0.25) is 0 Å². The van der Waals surface area contributed by atoms with Gasteiger partial charge in [0.1, 0.15) is 17.1 Å². The number of fused-ring (bicyclic) bond motifs is 1. The summed E-state index contributed by atoms with van der Waals surface area (Å²) in [6, 6.07) is 8.89. The lowest BCUT2D eigenvalue weighted by atomic mass is 9.96. The van der Waals surface area contributed by atoms with Crippen molar-refractivity contribution >= 4 is 22.5 Å². The second kappa shape index (κ2) is 8.05. The van der Waals surface area contributed by atoms with Gasteiger partial charge in [0.25, 0.3) is 5.91 Å². The van der Waals surface area contributed by atoms with Crippen molar-refractivity contribution in [2.75, 3.05) is 12.4 Å². The van der Waals surface area contributed by atoms with Gasteiger partial charge < -0.3 is 10.1 Å². The van der Waals surface area contributed by atoms with Crippen molar-refractivity contribution in [3.8, 4) is 5.75 Å². The van der Waals surface area contributed by atoms with E-state index in [0.29, 0.717) is 17.5 Å². The number of methoxy groups -OCH3 is 1. The molecule has 7 heteroatoms. The van der Waals surface area contributed by atoms with E-state index in [1.54, 1.807) is 25.3 Å². The Bertz CT molecular complexity index is 1060. The predicted octanol–water partition coefficient (Wildman–Crippen LogP) is 5.40. The van der Waals surface area contributed by atoms with Crippen molar-refractivity contribution < 1.29 is 13.9 Å². The van der Waals surface area contributed by atoms with Crippen molar-refractivity contribution in [1.29, 1.82) is 0 Å². The molecular formula is C23H27FN4O2. The van der Waals surface area contributed by atoms with E-state index in [2.05, 4.69) is 10.3 Å². The number of amides is 1. The predicted molar refractivity (Wildman–Crippen MR) is 115 cm³/mol. The van der Waals surface area contributed by atoms with E-state index < -0.39 is 11.6 Å². The van der Waals surface area contributed by atoms with Gasteiger partial charge >= 0.3 is 0 Å². The first-order valence-electron chi connectivity index (χ1n) is 10.4. The molecule has 1 aliphatic rings. The van der Waals surface area contributed by atoms with Gasteiger partial charge in [-0.15, -0.1) is 0 Å². The van der Waals surface area contributed by atoms with Gasteiger partial charge in [-0.2, -0.15) is 5.10 Å². The first-order valence-corrected chi connectivity index (χ1v) is 10.4. The Labute approximate surface area is 175 Å². The Balaban J connectivity index is 1.62. The van der Waals surface area contributed by atoms with Crippen LogP contribution in [0.4, 0.5) is 10.1 Å². The van der Waals surface area contributed by atoms with Crippen LogP contribution in [0.5, 0.6) is 5.75 Å². The highest BCUT2D eigenvalue weighted by Crippen LogP contribution is 2.33. The topological polar surface area (TPSA) is 69.0 Å². The molecule has 0 spiro atoms. The Kier molecular flexibility index (Phi) is 5.45. The molecule has 1 saturated carbocycles. The van der Waals surface area contributed by atoms with Gasteiger partial charge in [0.15, 0.2) is 0 Å². The average molecular weight is 410 g/mol. The summed E-state index contributed by atoms with van der Waals surface area (Å²) in [6.07, 6.45) is 8.06. The van der Waals surface area contributed by atoms with Crippen LogP contribution in [0.3, 0.4) is 0 Å². The molecule has 2 aromatic heterocycles. The van der Waals surface area contributed by atoms with E-state index in [1.807, 2.05) is 23.0 Å². The number of aromatic nitrogens is 3. The molecule has 0 bridgehead atoms. The number of carbonyl (C=O) groups is 1. The van der Waals surface area contributed by atoms with E-state index in [4.69, 9.17) is 9.84 Å². The number of rotatable bonds is 5. The van der Waals surface area contributed by atoms with Gasteiger partial charge in [-0.1, -0.05) is 25.3 Å². The molecule has 1 N–H and O–H groups in total. The summed E-state index contributed by atoms with van der Waals surface area (Å²) in [5, 5.41) is 8.52. The number of hydrogen-bond acceptors (Lipinski definition) is 4. The van der Waals surface area contributed by atoms with Gasteiger partial charge in [-0.05, 0) is 44.9 Å². The highest BCUT2D eigenvalue weighted by atomic mass is 19.1. The van der Waals surface area contributed by atoms with Crippen LogP contribution in [0, 0.1) is 0 Å². The van der Waals surface area contributed by atoms with Crippen LogP contribution in [0.2, 0.25) is 0 Å². The van der Waals surface area contributed by atoms with E-state index in [0.717, 1.165) is 23.7 Å². The number of nitrogens with zero attached hydrogens (tertiary/aromatic N) is 3. The number of alkyl halides is 1. The number of benzene rings is 1. The molecular weight excluding hydrogens is 383 g/mol. The van der Waals surface area contributed by atoms with E-state index in [1.165, 1.54) is 33.1 Å². The molecule has 4 rings (SSSR count). The van der Waals surface area contributed by atoms with Crippen molar-refractivity contribution in [1.82, 2.24) is 14.8 Å². The number of ether oxygens (including phenoxy) is 1. The maximum atomic E-state index is 14.2. The van der Waals surface area contributed by atoms with Crippen molar-refractivity contribution in [2.24, 2.45) is 0 Å². The number of nitrogens with one attached hydrogen (secondary N) is 1. The lowest BCUT2D eigenvalue weighted by Gasteiger charge is -2.21. The molecule has 0 saturated heterocycles. The first-order chi connectivity index (χ1) is 14.3. The van der Waals surface area contributed by atoms with E-state index in [-0.39, 0.29) is 11.4 Å². The van der Waals surface area contributed by atoms with Gasteiger partial charge in [-0.3, -0.25) is 9.48 Å². The van der Waals surface area contributed by atoms with Gasteiger partial charge in [0, 0.05) is 17.6 Å². The summed E-state index contributed by atoms with van der Waals surface area (Å²) >= 11 is 0. The third-order valence-electron chi connectivity index (χ3n) is 5.63. The number of carbonyl (C=O) groups excluding carboxylic acids is 1. The van der Waals surface area contributed by atoms with E-state index >= 15 is 0 Å². The maximum absolute atomic E-state index is 14.2. The summed E-state index contributed by atoms with van der Waals surface area (Å²) in [6.45, 7) is 2.83. The third-order valence-corrected chi connectivity index (χ3v) is 5.63. The molecule has 0 atom stereocenters. The van der Waals surface area contributed by atoms with Gasteiger partial charge in [-0.25, -0.2) is 9.37 Å². The van der Waals surface area contributed by atoms with Crippen LogP contribution >= 0.6 is 0 Å². The fraction of sp³-hybridized carbons (Fsp3) is 0.435. The Morgan fingerprint density at radius 1 is 1.23 bits per heavy atom. The van der Waals surface area contributed by atoms with Crippen LogP contribution in [-0.4, -0.2) is 27.8 Å². The van der Waals surface area contributed by atoms with E-state index in [9.17, 15) is 9.18 Å². The van der Waals surface area contributed by atoms with Crippen molar-refractivity contribution in [3.05, 3.63) is 47.9 Å². The molecule has 2 heterocycles. The first kappa shape index (κ1) is 20.3. The highest BCUT2D eigenvalue weighted by molar-refractivity contribution is 6.05. The lowest BCUT2D eigenvalue weighted by Crippen LogP contribution is -2.18. The largest absolute Gasteiger partial charge is 0.494 e. The smallest absolute Gasteiger partial charge is 0.274 e. The van der Waals surface area contributed by atoms with Crippen LogP contribution in [0.1, 0.15) is 68.2 Å². The minimum atomic E-state index is -1.62. The van der Waals surface area contributed by atoms with Crippen LogP contribution < -0.4 is 10.1 Å². The second-order valence-corrected chi connectivity index (χ2v) is 8.35. The molecule has 1 aromatic carbocycles. The summed E-state index contributed by atoms with van der Waals surface area (Å²) in [5.74, 6) is 0.102. The summed E-state index contributed by atoms with van der Waals surface area (Å²) < 4.78 is 21.7. The average Bonchev–Trinajstić information content (AvgIpc) is 3.16. The minimum absolute atomic E-state index is 0.151. The zero-order chi connectivity index (χ0) is 21.3. The second-order valence-electron chi connectivity index (χ2n) is 8.35. The third kappa shape index (κ3) is 4.15. The highest BCUT2D eigenvalue weighted by Gasteiger charge is 2.23.